The summed E-state index contributed by atoms with van der Waals surface area (Å²) in [4.78, 5) is 23.4. The summed E-state index contributed by atoms with van der Waals surface area (Å²) in [6.07, 6.45) is 0. The highest BCUT2D eigenvalue weighted by Crippen LogP contribution is 2.27. The molecule has 0 aliphatic heterocycles. The minimum atomic E-state index is -0.523. The Morgan fingerprint density at radius 1 is 1.11 bits per heavy atom. The summed E-state index contributed by atoms with van der Waals surface area (Å²) in [5.41, 5.74) is 6.86. The van der Waals surface area contributed by atoms with E-state index in [4.69, 9.17) is 21.8 Å². The number of nitrogens with two attached hydrogens (primary N) is 1. The number of hydrogen-bond acceptors (Lipinski definition) is 6. The Bertz CT molecular complexity index is 957. The van der Waals surface area contributed by atoms with Crippen LogP contribution in [0.15, 0.2) is 58.2 Å². The maximum atomic E-state index is 12.3. The number of thioether (sulfide) groups is 1. The van der Waals surface area contributed by atoms with E-state index in [9.17, 15) is 9.59 Å². The van der Waals surface area contributed by atoms with Crippen molar-refractivity contribution in [3.05, 3.63) is 59.1 Å². The van der Waals surface area contributed by atoms with Gasteiger partial charge in [-0.1, -0.05) is 23.4 Å². The van der Waals surface area contributed by atoms with E-state index in [1.165, 1.54) is 0 Å². The summed E-state index contributed by atoms with van der Waals surface area (Å²) in [5, 5.41) is 11.1. The number of anilines is 1. The second-order valence-electron chi connectivity index (χ2n) is 5.57. The van der Waals surface area contributed by atoms with Gasteiger partial charge in [0.1, 0.15) is 0 Å². The minimum absolute atomic E-state index is 0.238. The van der Waals surface area contributed by atoms with Gasteiger partial charge in [-0.05, 0) is 55.5 Å². The van der Waals surface area contributed by atoms with Crippen molar-refractivity contribution < 1.29 is 14.0 Å². The number of halogens is 1. The summed E-state index contributed by atoms with van der Waals surface area (Å²) in [6.45, 7) is 1.73. The Morgan fingerprint density at radius 2 is 1.78 bits per heavy atom. The molecule has 138 valence electrons. The average molecular weight is 403 g/mol. The third kappa shape index (κ3) is 4.87. The number of hydrogen-bond donors (Lipinski definition) is 2. The number of carbonyl (C=O) groups is 2. The molecular weight excluding hydrogens is 388 g/mol. The zero-order valence-corrected chi connectivity index (χ0v) is 15.8. The molecule has 3 aromatic rings. The monoisotopic (exact) mass is 402 g/mol. The van der Waals surface area contributed by atoms with E-state index in [0.29, 0.717) is 22.2 Å². The molecule has 0 aliphatic rings. The molecule has 0 saturated carbocycles. The van der Waals surface area contributed by atoms with Crippen LogP contribution in [0.5, 0.6) is 0 Å². The van der Waals surface area contributed by atoms with Crippen LogP contribution in [0.3, 0.4) is 0 Å². The number of nitrogens with one attached hydrogen (secondary N) is 1. The standard InChI is InChI=1S/C18H15ClN4O3S/c1-10(16(25)21-14-8-4-11(5-9-14)15(20)24)27-18-23-22-17(26-18)12-2-6-13(19)7-3-12/h2-10H,1H3,(H2,20,24)(H,21,25). The summed E-state index contributed by atoms with van der Waals surface area (Å²) in [6, 6.07) is 13.3. The predicted molar refractivity (Wildman–Crippen MR) is 104 cm³/mol. The molecule has 1 unspecified atom stereocenters. The lowest BCUT2D eigenvalue weighted by atomic mass is 10.2. The van der Waals surface area contributed by atoms with Crippen molar-refractivity contribution >= 4 is 40.9 Å². The summed E-state index contributed by atoms with van der Waals surface area (Å²) >= 11 is 7.01. The topological polar surface area (TPSA) is 111 Å². The van der Waals surface area contributed by atoms with E-state index in [2.05, 4.69) is 15.5 Å². The van der Waals surface area contributed by atoms with Crippen LogP contribution in [0.1, 0.15) is 17.3 Å². The largest absolute Gasteiger partial charge is 0.411 e. The zero-order valence-electron chi connectivity index (χ0n) is 14.2. The molecule has 0 bridgehead atoms. The molecule has 2 amide bonds. The van der Waals surface area contributed by atoms with Crippen molar-refractivity contribution in [2.75, 3.05) is 5.32 Å². The van der Waals surface area contributed by atoms with E-state index < -0.39 is 11.2 Å². The third-order valence-corrected chi connectivity index (χ3v) is 4.77. The highest BCUT2D eigenvalue weighted by atomic mass is 35.5. The van der Waals surface area contributed by atoms with Crippen molar-refractivity contribution in [3.63, 3.8) is 0 Å². The Balaban J connectivity index is 1.61. The average Bonchev–Trinajstić information content (AvgIpc) is 3.11. The van der Waals surface area contributed by atoms with Crippen LogP contribution < -0.4 is 11.1 Å². The van der Waals surface area contributed by atoms with Crippen molar-refractivity contribution in [1.29, 1.82) is 0 Å². The lowest BCUT2D eigenvalue weighted by Crippen LogP contribution is -2.22. The Labute approximate surface area is 164 Å². The Morgan fingerprint density at radius 3 is 2.41 bits per heavy atom. The molecule has 0 spiro atoms. The Hall–Kier alpha value is -2.84. The van der Waals surface area contributed by atoms with Gasteiger partial charge in [0.25, 0.3) is 5.22 Å². The van der Waals surface area contributed by atoms with Crippen LogP contribution in [0, 0.1) is 0 Å². The number of rotatable bonds is 6. The highest BCUT2D eigenvalue weighted by molar-refractivity contribution is 8.00. The molecule has 2 aromatic carbocycles. The fraction of sp³-hybridized carbons (Fsp3) is 0.111. The van der Waals surface area contributed by atoms with Gasteiger partial charge in [0.2, 0.25) is 17.7 Å². The van der Waals surface area contributed by atoms with Crippen molar-refractivity contribution in [2.24, 2.45) is 5.73 Å². The SMILES string of the molecule is CC(Sc1nnc(-c2ccc(Cl)cc2)o1)C(=O)Nc1ccc(C(N)=O)cc1. The van der Waals surface area contributed by atoms with E-state index in [-0.39, 0.29) is 11.1 Å². The lowest BCUT2D eigenvalue weighted by Gasteiger charge is -2.10. The molecule has 3 rings (SSSR count). The molecule has 7 nitrogen and oxygen atoms in total. The quantitative estimate of drug-likeness (QED) is 0.609. The second-order valence-corrected chi connectivity index (χ2v) is 7.30. The molecule has 3 N–H and O–H groups in total. The zero-order chi connectivity index (χ0) is 19.4. The van der Waals surface area contributed by atoms with Crippen LogP contribution in [0.2, 0.25) is 5.02 Å². The molecule has 9 heteroatoms. The van der Waals surface area contributed by atoms with E-state index >= 15 is 0 Å². The number of nitrogens with zero attached hydrogens (tertiary/aromatic N) is 2. The summed E-state index contributed by atoms with van der Waals surface area (Å²) < 4.78 is 5.59. The van der Waals surface area contributed by atoms with Gasteiger partial charge in [-0.25, -0.2) is 0 Å². The van der Waals surface area contributed by atoms with Gasteiger partial charge in [0.15, 0.2) is 0 Å². The van der Waals surface area contributed by atoms with Gasteiger partial charge in [0, 0.05) is 21.8 Å². The molecule has 0 saturated heterocycles. The first-order valence-corrected chi connectivity index (χ1v) is 9.15. The van der Waals surface area contributed by atoms with Crippen molar-refractivity contribution in [3.8, 4) is 11.5 Å². The Kier molecular flexibility index (Phi) is 5.78. The molecular formula is C18H15ClN4O3S. The first kappa shape index (κ1) is 18.9. The fourth-order valence-electron chi connectivity index (χ4n) is 2.13. The van der Waals surface area contributed by atoms with Gasteiger partial charge < -0.3 is 15.5 Å². The molecule has 1 atom stereocenters. The first-order valence-electron chi connectivity index (χ1n) is 7.89. The van der Waals surface area contributed by atoms with Crippen LogP contribution in [-0.2, 0) is 4.79 Å². The molecule has 1 heterocycles. The maximum Gasteiger partial charge on any atom is 0.277 e. The number of amides is 2. The lowest BCUT2D eigenvalue weighted by molar-refractivity contribution is -0.115. The predicted octanol–water partition coefficient (Wildman–Crippen LogP) is 3.61. The summed E-state index contributed by atoms with van der Waals surface area (Å²) in [5.74, 6) is -0.411. The molecule has 27 heavy (non-hydrogen) atoms. The van der Waals surface area contributed by atoms with Crippen molar-refractivity contribution in [2.45, 2.75) is 17.4 Å². The van der Waals surface area contributed by atoms with E-state index in [1.807, 2.05) is 0 Å². The van der Waals surface area contributed by atoms with E-state index in [0.717, 1.165) is 17.3 Å². The van der Waals surface area contributed by atoms with Crippen molar-refractivity contribution in [1.82, 2.24) is 10.2 Å². The van der Waals surface area contributed by atoms with E-state index in [1.54, 1.807) is 55.5 Å². The van der Waals surface area contributed by atoms with Gasteiger partial charge in [-0.2, -0.15) is 0 Å². The summed E-state index contributed by atoms with van der Waals surface area (Å²) in [7, 11) is 0. The molecule has 0 aliphatic carbocycles. The van der Waals surface area contributed by atoms with Gasteiger partial charge in [0.05, 0.1) is 5.25 Å². The maximum absolute atomic E-state index is 12.3. The second kappa shape index (κ2) is 8.24. The minimum Gasteiger partial charge on any atom is -0.411 e. The van der Waals surface area contributed by atoms with Crippen LogP contribution in [0.4, 0.5) is 5.69 Å². The molecule has 0 fully saturated rings. The fourth-order valence-corrected chi connectivity index (χ4v) is 2.94. The third-order valence-electron chi connectivity index (χ3n) is 3.58. The van der Waals surface area contributed by atoms with Crippen LogP contribution >= 0.6 is 23.4 Å². The number of carbonyl (C=O) groups excluding carboxylic acids is 2. The normalized spacial score (nSPS) is 11.8. The molecule has 1 aromatic heterocycles. The van der Waals surface area contributed by atoms with Gasteiger partial charge >= 0.3 is 0 Å². The number of benzene rings is 2. The number of primary amides is 1. The van der Waals surface area contributed by atoms with Crippen LogP contribution in [0.25, 0.3) is 11.5 Å². The van der Waals surface area contributed by atoms with Gasteiger partial charge in [-0.3, -0.25) is 9.59 Å². The smallest absolute Gasteiger partial charge is 0.277 e. The van der Waals surface area contributed by atoms with Crippen LogP contribution in [-0.4, -0.2) is 27.3 Å². The highest BCUT2D eigenvalue weighted by Gasteiger charge is 2.19. The molecule has 0 radical (unpaired) electrons. The van der Waals surface area contributed by atoms with Gasteiger partial charge in [-0.15, -0.1) is 10.2 Å². The number of aromatic nitrogens is 2. The first-order chi connectivity index (χ1) is 12.9.